The molecule has 1 aliphatic heterocycles. The van der Waals surface area contributed by atoms with E-state index in [1.165, 1.54) is 5.56 Å². The van der Waals surface area contributed by atoms with E-state index in [-0.39, 0.29) is 6.04 Å². The molecule has 1 atom stereocenters. The number of para-hydroxylation sites is 1. The summed E-state index contributed by atoms with van der Waals surface area (Å²) in [5.74, 6) is 1.77. The highest BCUT2D eigenvalue weighted by Gasteiger charge is 2.23. The van der Waals surface area contributed by atoms with Crippen LogP contribution in [-0.4, -0.2) is 33.5 Å². The second-order valence-electron chi connectivity index (χ2n) is 6.00. The Balaban J connectivity index is 1.92. The Morgan fingerprint density at radius 3 is 2.33 bits per heavy atom. The highest BCUT2D eigenvalue weighted by Crippen LogP contribution is 2.32. The van der Waals surface area contributed by atoms with E-state index in [1.54, 1.807) is 14.2 Å². The molecular formula is C20H25NO3. The minimum absolute atomic E-state index is 0.0788. The van der Waals surface area contributed by atoms with Crippen LogP contribution < -0.4 is 14.8 Å². The topological polar surface area (TPSA) is 39.7 Å². The molecule has 0 aliphatic carbocycles. The van der Waals surface area contributed by atoms with Gasteiger partial charge in [0, 0.05) is 24.8 Å². The van der Waals surface area contributed by atoms with Crippen molar-refractivity contribution in [2.24, 2.45) is 0 Å². The molecule has 0 unspecified atom stereocenters. The molecule has 1 N–H and O–H groups in total. The van der Waals surface area contributed by atoms with Crippen LogP contribution in [0.4, 0.5) is 0 Å². The first kappa shape index (κ1) is 16.8. The van der Waals surface area contributed by atoms with Crippen LogP contribution in [0.2, 0.25) is 0 Å². The summed E-state index contributed by atoms with van der Waals surface area (Å²) in [6, 6.07) is 16.9. The molecule has 0 aromatic heterocycles. The van der Waals surface area contributed by atoms with E-state index in [4.69, 9.17) is 14.2 Å². The van der Waals surface area contributed by atoms with E-state index in [1.807, 2.05) is 24.3 Å². The second kappa shape index (κ2) is 8.18. The van der Waals surface area contributed by atoms with Crippen molar-refractivity contribution in [2.45, 2.75) is 24.9 Å². The zero-order chi connectivity index (χ0) is 16.8. The van der Waals surface area contributed by atoms with Gasteiger partial charge >= 0.3 is 0 Å². The fraction of sp³-hybridized carbons (Fsp3) is 0.400. The molecule has 0 spiro atoms. The van der Waals surface area contributed by atoms with E-state index in [9.17, 15) is 0 Å². The lowest BCUT2D eigenvalue weighted by Gasteiger charge is -2.30. The van der Waals surface area contributed by atoms with Crippen LogP contribution in [0.1, 0.15) is 30.0 Å². The zero-order valence-electron chi connectivity index (χ0n) is 14.3. The Kier molecular flexibility index (Phi) is 5.72. The van der Waals surface area contributed by atoms with Gasteiger partial charge < -0.3 is 19.5 Å². The third-order valence-corrected chi connectivity index (χ3v) is 4.52. The first-order chi connectivity index (χ1) is 11.8. The number of benzene rings is 2. The van der Waals surface area contributed by atoms with Crippen molar-refractivity contribution in [2.75, 3.05) is 27.4 Å². The van der Waals surface area contributed by atoms with Crippen molar-refractivity contribution in [3.05, 3.63) is 59.7 Å². The van der Waals surface area contributed by atoms with Gasteiger partial charge in [-0.15, -0.1) is 0 Å². The molecule has 1 saturated heterocycles. The molecule has 2 aromatic rings. The molecule has 0 amide bonds. The van der Waals surface area contributed by atoms with Crippen molar-refractivity contribution in [1.82, 2.24) is 5.32 Å². The zero-order valence-corrected chi connectivity index (χ0v) is 14.3. The van der Waals surface area contributed by atoms with Gasteiger partial charge in [0.15, 0.2) is 0 Å². The smallest absolute Gasteiger partial charge is 0.123 e. The molecule has 4 nitrogen and oxygen atoms in total. The van der Waals surface area contributed by atoms with Crippen LogP contribution in [-0.2, 0) is 4.74 Å². The number of rotatable bonds is 6. The van der Waals surface area contributed by atoms with Gasteiger partial charge in [-0.2, -0.15) is 0 Å². The Labute approximate surface area is 143 Å². The lowest BCUT2D eigenvalue weighted by molar-refractivity contribution is 0.0760. The maximum absolute atomic E-state index is 5.59. The molecule has 1 fully saturated rings. The van der Waals surface area contributed by atoms with E-state index >= 15 is 0 Å². The summed E-state index contributed by atoms with van der Waals surface area (Å²) in [4.78, 5) is 0. The molecule has 0 bridgehead atoms. The van der Waals surface area contributed by atoms with Gasteiger partial charge in [-0.05, 0) is 36.6 Å². The van der Waals surface area contributed by atoms with Crippen molar-refractivity contribution in [1.29, 1.82) is 0 Å². The minimum Gasteiger partial charge on any atom is -0.497 e. The second-order valence-corrected chi connectivity index (χ2v) is 6.00. The van der Waals surface area contributed by atoms with Gasteiger partial charge in [-0.1, -0.05) is 30.3 Å². The number of hydrogen-bond acceptors (Lipinski definition) is 4. The molecule has 1 aliphatic rings. The summed E-state index contributed by atoms with van der Waals surface area (Å²) in [5.41, 5.74) is 2.35. The Morgan fingerprint density at radius 2 is 1.67 bits per heavy atom. The standard InChI is InChI=1S/C20H25NO3/c1-22-17-9-7-15(8-10-17)20(21-16-11-13-24-14-12-16)18-5-3-4-6-19(18)23-2/h3-10,16,20-21H,11-14H2,1-2H3/t20-/m0/s1. The predicted molar refractivity (Wildman–Crippen MR) is 94.8 cm³/mol. The highest BCUT2D eigenvalue weighted by atomic mass is 16.5. The summed E-state index contributed by atoms with van der Waals surface area (Å²) >= 11 is 0. The van der Waals surface area contributed by atoms with Crippen LogP contribution in [0.15, 0.2) is 48.5 Å². The van der Waals surface area contributed by atoms with Crippen LogP contribution in [0.25, 0.3) is 0 Å². The maximum Gasteiger partial charge on any atom is 0.123 e. The molecule has 2 aromatic carbocycles. The van der Waals surface area contributed by atoms with Crippen LogP contribution in [0.3, 0.4) is 0 Å². The van der Waals surface area contributed by atoms with Crippen LogP contribution >= 0.6 is 0 Å². The van der Waals surface area contributed by atoms with Gasteiger partial charge in [0.2, 0.25) is 0 Å². The fourth-order valence-electron chi connectivity index (χ4n) is 3.17. The van der Waals surface area contributed by atoms with Gasteiger partial charge in [0.25, 0.3) is 0 Å². The van der Waals surface area contributed by atoms with E-state index < -0.39 is 0 Å². The SMILES string of the molecule is COc1ccc([C@H](NC2CCOCC2)c2ccccc2OC)cc1. The van der Waals surface area contributed by atoms with Crippen LogP contribution in [0.5, 0.6) is 11.5 Å². The summed E-state index contributed by atoms with van der Waals surface area (Å²) in [7, 11) is 3.41. The molecule has 4 heteroatoms. The average Bonchev–Trinajstić information content (AvgIpc) is 2.67. The highest BCUT2D eigenvalue weighted by molar-refractivity contribution is 5.43. The molecule has 3 rings (SSSR count). The minimum atomic E-state index is 0.0788. The molecule has 0 saturated carbocycles. The number of hydrogen-bond donors (Lipinski definition) is 1. The monoisotopic (exact) mass is 327 g/mol. The van der Waals surface area contributed by atoms with Crippen molar-refractivity contribution in [3.8, 4) is 11.5 Å². The first-order valence-corrected chi connectivity index (χ1v) is 8.42. The summed E-state index contributed by atoms with van der Waals surface area (Å²) in [5, 5.41) is 3.80. The molecule has 0 radical (unpaired) electrons. The molecule has 128 valence electrons. The van der Waals surface area contributed by atoms with Crippen molar-refractivity contribution >= 4 is 0 Å². The molecule has 24 heavy (non-hydrogen) atoms. The van der Waals surface area contributed by atoms with Gasteiger partial charge in [-0.25, -0.2) is 0 Å². The summed E-state index contributed by atoms with van der Waals surface area (Å²) < 4.78 is 16.4. The molecule has 1 heterocycles. The first-order valence-electron chi connectivity index (χ1n) is 8.42. The number of nitrogens with one attached hydrogen (secondary N) is 1. The summed E-state index contributed by atoms with van der Waals surface area (Å²) in [6.45, 7) is 1.64. The quantitative estimate of drug-likeness (QED) is 0.880. The third kappa shape index (κ3) is 3.89. The predicted octanol–water partition coefficient (Wildman–Crippen LogP) is 3.56. The molecular weight excluding hydrogens is 302 g/mol. The number of methoxy groups -OCH3 is 2. The lowest BCUT2D eigenvalue weighted by atomic mass is 9.95. The van der Waals surface area contributed by atoms with Crippen molar-refractivity contribution in [3.63, 3.8) is 0 Å². The summed E-state index contributed by atoms with van der Waals surface area (Å²) in [6.07, 6.45) is 2.06. The van der Waals surface area contributed by atoms with Gasteiger partial charge in [-0.3, -0.25) is 0 Å². The Morgan fingerprint density at radius 1 is 0.958 bits per heavy atom. The normalized spacial score (nSPS) is 16.6. The fourth-order valence-corrected chi connectivity index (χ4v) is 3.17. The Bertz CT molecular complexity index is 636. The average molecular weight is 327 g/mol. The van der Waals surface area contributed by atoms with E-state index in [0.29, 0.717) is 6.04 Å². The van der Waals surface area contributed by atoms with Crippen molar-refractivity contribution < 1.29 is 14.2 Å². The van der Waals surface area contributed by atoms with Gasteiger partial charge in [0.1, 0.15) is 11.5 Å². The van der Waals surface area contributed by atoms with Crippen LogP contribution in [0, 0.1) is 0 Å². The lowest BCUT2D eigenvalue weighted by Crippen LogP contribution is -2.38. The largest absolute Gasteiger partial charge is 0.497 e. The van der Waals surface area contributed by atoms with E-state index in [2.05, 4.69) is 29.6 Å². The number of ether oxygens (including phenoxy) is 3. The van der Waals surface area contributed by atoms with Gasteiger partial charge in [0.05, 0.1) is 20.3 Å². The Hall–Kier alpha value is -2.04. The van der Waals surface area contributed by atoms with E-state index in [0.717, 1.165) is 43.1 Å². The maximum atomic E-state index is 5.59. The third-order valence-electron chi connectivity index (χ3n) is 4.52.